The molecule has 0 aliphatic carbocycles. The Labute approximate surface area is 172 Å². The number of rotatable bonds is 7. The zero-order chi connectivity index (χ0) is 21.0. The van der Waals surface area contributed by atoms with Crippen LogP contribution in [0.1, 0.15) is 25.8 Å². The second-order valence-corrected chi connectivity index (χ2v) is 9.44. The molecule has 1 fully saturated rings. The fourth-order valence-electron chi connectivity index (χ4n) is 3.86. The van der Waals surface area contributed by atoms with Crippen LogP contribution >= 0.6 is 0 Å². The topological polar surface area (TPSA) is 66.5 Å². The lowest BCUT2D eigenvalue weighted by molar-refractivity contribution is -0.135. The van der Waals surface area contributed by atoms with Gasteiger partial charge in [0.1, 0.15) is 0 Å². The predicted molar refractivity (Wildman–Crippen MR) is 112 cm³/mol. The first-order valence-corrected chi connectivity index (χ1v) is 11.5. The van der Waals surface area contributed by atoms with Gasteiger partial charge in [-0.25, -0.2) is 17.5 Å². The molecule has 2 atom stereocenters. The number of benzene rings is 2. The first kappa shape index (κ1) is 21.5. The molecule has 29 heavy (non-hydrogen) atoms. The van der Waals surface area contributed by atoms with Crippen molar-refractivity contribution in [2.24, 2.45) is 5.92 Å². The molecule has 2 aromatic carbocycles. The van der Waals surface area contributed by atoms with Gasteiger partial charge in [0.2, 0.25) is 21.9 Å². The van der Waals surface area contributed by atoms with Crippen LogP contribution in [-0.4, -0.2) is 43.9 Å². The molecule has 5 nitrogen and oxygen atoms in total. The number of hydrogen-bond acceptors (Lipinski definition) is 3. The van der Waals surface area contributed by atoms with Crippen LogP contribution in [-0.2, 0) is 21.2 Å². The number of nitrogens with zero attached hydrogens (tertiary/aromatic N) is 1. The van der Waals surface area contributed by atoms with Crippen molar-refractivity contribution in [2.75, 3.05) is 12.6 Å². The molecule has 1 N–H and O–H groups in total. The smallest absolute Gasteiger partial charge is 0.241 e. The Morgan fingerprint density at radius 1 is 1.14 bits per heavy atom. The summed E-state index contributed by atoms with van der Waals surface area (Å²) in [5.74, 6) is -0.208. The van der Waals surface area contributed by atoms with E-state index in [-0.39, 0.29) is 17.9 Å². The predicted octanol–water partition coefficient (Wildman–Crippen LogP) is 3.37. The third kappa shape index (κ3) is 5.22. The molecule has 0 saturated carbocycles. The van der Waals surface area contributed by atoms with Crippen LogP contribution in [0.25, 0.3) is 11.1 Å². The highest BCUT2D eigenvalue weighted by Crippen LogP contribution is 2.27. The van der Waals surface area contributed by atoms with E-state index in [0.717, 1.165) is 16.7 Å². The SMILES string of the molecule is CC(C)C(=O)N1CC[C@@H](NS(=O)(=O)CF)[C@H]1Cc1cccc(-c2ccccc2)c1. The van der Waals surface area contributed by atoms with Crippen LogP contribution in [0.4, 0.5) is 4.39 Å². The largest absolute Gasteiger partial charge is 0.337 e. The molecule has 3 rings (SSSR count). The maximum absolute atomic E-state index is 12.9. The third-order valence-electron chi connectivity index (χ3n) is 5.28. The zero-order valence-corrected chi connectivity index (χ0v) is 17.5. The molecule has 0 unspecified atom stereocenters. The number of carbonyl (C=O) groups excluding carboxylic acids is 1. The van der Waals surface area contributed by atoms with Gasteiger partial charge in [-0.2, -0.15) is 0 Å². The highest BCUT2D eigenvalue weighted by Gasteiger charge is 2.39. The van der Waals surface area contributed by atoms with Gasteiger partial charge in [0.05, 0.1) is 6.04 Å². The third-order valence-corrected chi connectivity index (χ3v) is 6.23. The van der Waals surface area contributed by atoms with Gasteiger partial charge >= 0.3 is 0 Å². The highest BCUT2D eigenvalue weighted by atomic mass is 32.2. The van der Waals surface area contributed by atoms with Crippen LogP contribution in [0, 0.1) is 5.92 Å². The van der Waals surface area contributed by atoms with Crippen molar-refractivity contribution in [3.63, 3.8) is 0 Å². The summed E-state index contributed by atoms with van der Waals surface area (Å²) in [6, 6.07) is 15.7. The fraction of sp³-hybridized carbons (Fsp3) is 0.409. The Hall–Kier alpha value is -2.25. The van der Waals surface area contributed by atoms with Gasteiger partial charge in [-0.15, -0.1) is 0 Å². The van der Waals surface area contributed by atoms with Crippen LogP contribution in [0.5, 0.6) is 0 Å². The minimum absolute atomic E-state index is 0.0174. The molecule has 0 spiro atoms. The van der Waals surface area contributed by atoms with Gasteiger partial charge in [0, 0.05) is 18.5 Å². The average molecular weight is 419 g/mol. The van der Waals surface area contributed by atoms with E-state index in [0.29, 0.717) is 19.4 Å². The standard InChI is InChI=1S/C22H27FN2O3S/c1-16(2)22(26)25-12-11-20(24-29(27,28)15-23)21(25)14-17-7-6-10-19(13-17)18-8-4-3-5-9-18/h3-10,13,16,20-21,24H,11-12,14-15H2,1-2H3/t20-,21-/m1/s1. The van der Waals surface area contributed by atoms with Crippen LogP contribution in [0.15, 0.2) is 54.6 Å². The minimum Gasteiger partial charge on any atom is -0.337 e. The van der Waals surface area contributed by atoms with Gasteiger partial charge in [-0.1, -0.05) is 68.4 Å². The summed E-state index contributed by atoms with van der Waals surface area (Å²) in [6.07, 6.45) is 0.972. The van der Waals surface area contributed by atoms with Crippen molar-refractivity contribution in [2.45, 2.75) is 38.8 Å². The molecule has 7 heteroatoms. The first-order chi connectivity index (χ1) is 13.8. The zero-order valence-electron chi connectivity index (χ0n) is 16.7. The van der Waals surface area contributed by atoms with Crippen LogP contribution in [0.2, 0.25) is 0 Å². The monoisotopic (exact) mass is 418 g/mol. The molecule has 2 aromatic rings. The van der Waals surface area contributed by atoms with Crippen LogP contribution < -0.4 is 4.72 Å². The molecular weight excluding hydrogens is 391 g/mol. The number of hydrogen-bond donors (Lipinski definition) is 1. The van der Waals surface area contributed by atoms with Gasteiger partial charge in [-0.3, -0.25) is 4.79 Å². The molecular formula is C22H27FN2O3S. The Balaban J connectivity index is 1.88. The van der Waals surface area contributed by atoms with Crippen molar-refractivity contribution in [1.29, 1.82) is 0 Å². The fourth-order valence-corrected chi connectivity index (χ4v) is 4.66. The number of halogens is 1. The van der Waals surface area contributed by atoms with Gasteiger partial charge in [0.15, 0.2) is 0 Å². The van der Waals surface area contributed by atoms with Gasteiger partial charge < -0.3 is 4.90 Å². The Morgan fingerprint density at radius 2 is 1.83 bits per heavy atom. The molecule has 156 valence electrons. The Bertz CT molecular complexity index is 948. The van der Waals surface area contributed by atoms with Crippen molar-refractivity contribution < 1.29 is 17.6 Å². The summed E-state index contributed by atoms with van der Waals surface area (Å²) in [5.41, 5.74) is 3.15. The van der Waals surface area contributed by atoms with E-state index in [4.69, 9.17) is 0 Å². The maximum atomic E-state index is 12.9. The van der Waals surface area contributed by atoms with E-state index in [9.17, 15) is 17.6 Å². The second kappa shape index (κ2) is 9.05. The quantitative estimate of drug-likeness (QED) is 0.750. The van der Waals surface area contributed by atoms with E-state index in [2.05, 4.69) is 10.8 Å². The molecule has 1 aliphatic rings. The van der Waals surface area contributed by atoms with Crippen LogP contribution in [0.3, 0.4) is 0 Å². The van der Waals surface area contributed by atoms with E-state index in [1.54, 1.807) is 4.90 Å². The van der Waals surface area contributed by atoms with Gasteiger partial charge in [-0.05, 0) is 29.5 Å². The maximum Gasteiger partial charge on any atom is 0.241 e. The van der Waals surface area contributed by atoms with E-state index in [1.807, 2.05) is 62.4 Å². The number of nitrogens with one attached hydrogen (secondary N) is 1. The molecule has 1 amide bonds. The average Bonchev–Trinajstić information content (AvgIpc) is 3.09. The van der Waals surface area contributed by atoms with Gasteiger partial charge in [0.25, 0.3) is 0 Å². The number of likely N-dealkylation sites (tertiary alicyclic amines) is 1. The Morgan fingerprint density at radius 3 is 2.48 bits per heavy atom. The summed E-state index contributed by atoms with van der Waals surface area (Å²) >= 11 is 0. The van der Waals surface area contributed by atoms with Crippen molar-refractivity contribution in [1.82, 2.24) is 9.62 Å². The van der Waals surface area contributed by atoms with E-state index >= 15 is 0 Å². The van der Waals surface area contributed by atoms with Crippen molar-refractivity contribution >= 4 is 15.9 Å². The minimum atomic E-state index is -4.00. The summed E-state index contributed by atoms with van der Waals surface area (Å²) < 4.78 is 38.9. The van der Waals surface area contributed by atoms with Crippen molar-refractivity contribution in [3.8, 4) is 11.1 Å². The lowest BCUT2D eigenvalue weighted by Crippen LogP contribution is -2.49. The molecule has 0 radical (unpaired) electrons. The number of amides is 1. The molecule has 0 bridgehead atoms. The summed E-state index contributed by atoms with van der Waals surface area (Å²) in [7, 11) is -4.00. The molecule has 0 aromatic heterocycles. The summed E-state index contributed by atoms with van der Waals surface area (Å²) in [6.45, 7) is 4.11. The molecule has 1 saturated heterocycles. The number of alkyl halides is 1. The first-order valence-electron chi connectivity index (χ1n) is 9.81. The molecule has 1 aliphatic heterocycles. The van der Waals surface area contributed by atoms with E-state index < -0.39 is 22.1 Å². The van der Waals surface area contributed by atoms with E-state index in [1.165, 1.54) is 0 Å². The number of carbonyl (C=O) groups is 1. The lowest BCUT2D eigenvalue weighted by Gasteiger charge is -2.30. The second-order valence-electron chi connectivity index (χ2n) is 7.76. The number of sulfonamides is 1. The summed E-state index contributed by atoms with van der Waals surface area (Å²) in [5, 5.41) is 0. The lowest BCUT2D eigenvalue weighted by atomic mass is 9.96. The molecule has 1 heterocycles. The normalized spacial score (nSPS) is 19.7. The highest BCUT2D eigenvalue weighted by molar-refractivity contribution is 7.89. The Kier molecular flexibility index (Phi) is 6.70. The summed E-state index contributed by atoms with van der Waals surface area (Å²) in [4.78, 5) is 14.4. The van der Waals surface area contributed by atoms with Crippen molar-refractivity contribution in [3.05, 3.63) is 60.2 Å².